The first kappa shape index (κ1) is 18.6. The summed E-state index contributed by atoms with van der Waals surface area (Å²) >= 11 is 0. The number of carbonyl (C=O) groups excluding carboxylic acids is 2. The number of aromatic nitrogens is 2. The Balaban J connectivity index is 1.66. The van der Waals surface area contributed by atoms with Gasteiger partial charge in [-0.05, 0) is 25.8 Å². The molecule has 1 aliphatic heterocycles. The molecule has 1 aromatic heterocycles. The van der Waals surface area contributed by atoms with Gasteiger partial charge in [-0.25, -0.2) is 9.97 Å². The average Bonchev–Trinajstić information content (AvgIpc) is 2.89. The number of anilines is 1. The fourth-order valence-electron chi connectivity index (χ4n) is 3.74. The van der Waals surface area contributed by atoms with Crippen molar-refractivity contribution in [2.24, 2.45) is 0 Å². The Morgan fingerprint density at radius 2 is 1.62 bits per heavy atom. The Bertz CT molecular complexity index is 647. The highest BCUT2D eigenvalue weighted by molar-refractivity contribution is 5.93. The molecule has 0 unspecified atom stereocenters. The molecule has 2 heterocycles. The minimum atomic E-state index is -0.0809. The van der Waals surface area contributed by atoms with Gasteiger partial charge < -0.3 is 15.1 Å². The molecule has 7 nitrogen and oxygen atoms in total. The van der Waals surface area contributed by atoms with E-state index < -0.39 is 0 Å². The SMILES string of the molecule is CC(=O)N1CCN(C(=O)c2cc(C)nc(NC3CCCCCC3)n2)CC1. The Labute approximate surface area is 155 Å². The van der Waals surface area contributed by atoms with Gasteiger partial charge in [0.1, 0.15) is 5.69 Å². The van der Waals surface area contributed by atoms with E-state index in [0.29, 0.717) is 43.9 Å². The largest absolute Gasteiger partial charge is 0.351 e. The number of carbonyl (C=O) groups is 2. The topological polar surface area (TPSA) is 78.4 Å². The van der Waals surface area contributed by atoms with Gasteiger partial charge in [0, 0.05) is 44.8 Å². The fraction of sp³-hybridized carbons (Fsp3) is 0.684. The first-order valence-corrected chi connectivity index (χ1v) is 9.70. The molecular formula is C19H29N5O2. The summed E-state index contributed by atoms with van der Waals surface area (Å²) in [4.78, 5) is 36.8. The van der Waals surface area contributed by atoms with E-state index in [2.05, 4.69) is 15.3 Å². The average molecular weight is 359 g/mol. The Hall–Kier alpha value is -2.18. The van der Waals surface area contributed by atoms with Gasteiger partial charge in [-0.3, -0.25) is 9.59 Å². The van der Waals surface area contributed by atoms with Gasteiger partial charge >= 0.3 is 0 Å². The van der Waals surface area contributed by atoms with Crippen LogP contribution < -0.4 is 5.32 Å². The van der Waals surface area contributed by atoms with Crippen LogP contribution in [-0.4, -0.2) is 63.8 Å². The highest BCUT2D eigenvalue weighted by Gasteiger charge is 2.25. The van der Waals surface area contributed by atoms with Crippen molar-refractivity contribution < 1.29 is 9.59 Å². The highest BCUT2D eigenvalue weighted by Crippen LogP contribution is 2.20. The molecular weight excluding hydrogens is 330 g/mol. The van der Waals surface area contributed by atoms with Crippen molar-refractivity contribution >= 4 is 17.8 Å². The lowest BCUT2D eigenvalue weighted by atomic mass is 10.1. The van der Waals surface area contributed by atoms with E-state index in [1.807, 2.05) is 6.92 Å². The van der Waals surface area contributed by atoms with Crippen molar-refractivity contribution in [3.63, 3.8) is 0 Å². The van der Waals surface area contributed by atoms with Crippen LogP contribution in [0, 0.1) is 6.92 Å². The minimum Gasteiger partial charge on any atom is -0.351 e. The van der Waals surface area contributed by atoms with Gasteiger partial charge in [0.25, 0.3) is 5.91 Å². The van der Waals surface area contributed by atoms with Gasteiger partial charge in [0.05, 0.1) is 0 Å². The third-order valence-corrected chi connectivity index (χ3v) is 5.27. The number of hydrogen-bond donors (Lipinski definition) is 1. The number of hydrogen-bond acceptors (Lipinski definition) is 5. The molecule has 0 aromatic carbocycles. The first-order chi connectivity index (χ1) is 12.5. The number of nitrogens with zero attached hydrogens (tertiary/aromatic N) is 4. The Kier molecular flexibility index (Phi) is 6.06. The lowest BCUT2D eigenvalue weighted by molar-refractivity contribution is -0.130. The lowest BCUT2D eigenvalue weighted by Gasteiger charge is -2.34. The van der Waals surface area contributed by atoms with Crippen LogP contribution in [0.1, 0.15) is 61.6 Å². The lowest BCUT2D eigenvalue weighted by Crippen LogP contribution is -2.50. The van der Waals surface area contributed by atoms with Crippen LogP contribution in [-0.2, 0) is 4.79 Å². The van der Waals surface area contributed by atoms with Crippen molar-refractivity contribution in [1.29, 1.82) is 0 Å². The summed E-state index contributed by atoms with van der Waals surface area (Å²) in [5.74, 6) is 0.537. The van der Waals surface area contributed by atoms with Crippen LogP contribution in [0.4, 0.5) is 5.95 Å². The summed E-state index contributed by atoms with van der Waals surface area (Å²) in [5, 5.41) is 3.44. The van der Waals surface area contributed by atoms with Gasteiger partial charge in [0.15, 0.2) is 0 Å². The number of amides is 2. The maximum absolute atomic E-state index is 12.8. The molecule has 1 N–H and O–H groups in total. The maximum atomic E-state index is 12.8. The molecule has 1 aliphatic carbocycles. The van der Waals surface area contributed by atoms with Crippen LogP contribution in [0.15, 0.2) is 6.07 Å². The van der Waals surface area contributed by atoms with Crippen LogP contribution >= 0.6 is 0 Å². The molecule has 1 saturated carbocycles. The van der Waals surface area contributed by atoms with Crippen molar-refractivity contribution in [2.45, 2.75) is 58.4 Å². The zero-order valence-corrected chi connectivity index (χ0v) is 15.8. The second kappa shape index (κ2) is 8.47. The summed E-state index contributed by atoms with van der Waals surface area (Å²) in [5.41, 5.74) is 1.23. The van der Waals surface area contributed by atoms with Gasteiger partial charge in [-0.15, -0.1) is 0 Å². The van der Waals surface area contributed by atoms with Gasteiger partial charge in [-0.2, -0.15) is 0 Å². The maximum Gasteiger partial charge on any atom is 0.272 e. The predicted octanol–water partition coefficient (Wildman–Crippen LogP) is 2.22. The van der Waals surface area contributed by atoms with E-state index in [-0.39, 0.29) is 11.8 Å². The van der Waals surface area contributed by atoms with Crippen molar-refractivity contribution in [3.05, 3.63) is 17.5 Å². The number of nitrogens with one attached hydrogen (secondary N) is 1. The first-order valence-electron chi connectivity index (χ1n) is 9.70. The zero-order valence-electron chi connectivity index (χ0n) is 15.8. The van der Waals surface area contributed by atoms with E-state index in [1.54, 1.807) is 22.8 Å². The molecule has 0 radical (unpaired) electrons. The molecule has 2 amide bonds. The van der Waals surface area contributed by atoms with E-state index >= 15 is 0 Å². The zero-order chi connectivity index (χ0) is 18.5. The molecule has 0 bridgehead atoms. The molecule has 2 aliphatic rings. The smallest absolute Gasteiger partial charge is 0.272 e. The molecule has 1 aromatic rings. The van der Waals surface area contributed by atoms with Gasteiger partial charge in [0.2, 0.25) is 11.9 Å². The molecule has 26 heavy (non-hydrogen) atoms. The second-order valence-corrected chi connectivity index (χ2v) is 7.35. The van der Waals surface area contributed by atoms with E-state index in [4.69, 9.17) is 0 Å². The third kappa shape index (κ3) is 4.71. The highest BCUT2D eigenvalue weighted by atomic mass is 16.2. The van der Waals surface area contributed by atoms with Crippen LogP contribution in [0.25, 0.3) is 0 Å². The van der Waals surface area contributed by atoms with Crippen molar-refractivity contribution in [3.8, 4) is 0 Å². The monoisotopic (exact) mass is 359 g/mol. The van der Waals surface area contributed by atoms with E-state index in [1.165, 1.54) is 25.7 Å². The van der Waals surface area contributed by atoms with Gasteiger partial charge in [-0.1, -0.05) is 25.7 Å². The van der Waals surface area contributed by atoms with Crippen LogP contribution in [0.2, 0.25) is 0 Å². The normalized spacial score (nSPS) is 19.2. The molecule has 0 atom stereocenters. The molecule has 2 fully saturated rings. The van der Waals surface area contributed by atoms with E-state index in [0.717, 1.165) is 18.5 Å². The molecule has 3 rings (SSSR count). The summed E-state index contributed by atoms with van der Waals surface area (Å²) in [6.07, 6.45) is 7.32. The summed E-state index contributed by atoms with van der Waals surface area (Å²) in [6, 6.07) is 2.14. The predicted molar refractivity (Wildman–Crippen MR) is 100 cm³/mol. The van der Waals surface area contributed by atoms with Crippen molar-refractivity contribution in [1.82, 2.24) is 19.8 Å². The summed E-state index contributed by atoms with van der Waals surface area (Å²) < 4.78 is 0. The molecule has 0 spiro atoms. The van der Waals surface area contributed by atoms with E-state index in [9.17, 15) is 9.59 Å². The molecule has 142 valence electrons. The number of rotatable bonds is 3. The van der Waals surface area contributed by atoms with Crippen molar-refractivity contribution in [2.75, 3.05) is 31.5 Å². The summed E-state index contributed by atoms with van der Waals surface area (Å²) in [6.45, 7) is 5.72. The third-order valence-electron chi connectivity index (χ3n) is 5.27. The second-order valence-electron chi connectivity index (χ2n) is 7.35. The standard InChI is InChI=1S/C19H29N5O2/c1-14-13-17(18(26)24-11-9-23(10-12-24)15(2)25)22-19(20-14)21-16-7-5-3-4-6-8-16/h13,16H,3-12H2,1-2H3,(H,20,21,22). The Morgan fingerprint density at radius 1 is 1.00 bits per heavy atom. The minimum absolute atomic E-state index is 0.0601. The van der Waals surface area contributed by atoms with Crippen LogP contribution in [0.5, 0.6) is 0 Å². The van der Waals surface area contributed by atoms with Crippen LogP contribution in [0.3, 0.4) is 0 Å². The molecule has 1 saturated heterocycles. The summed E-state index contributed by atoms with van der Waals surface area (Å²) in [7, 11) is 0. The quantitative estimate of drug-likeness (QED) is 0.837. The Morgan fingerprint density at radius 3 is 2.23 bits per heavy atom. The number of piperazine rings is 1. The fourth-order valence-corrected chi connectivity index (χ4v) is 3.74. The number of aryl methyl sites for hydroxylation is 1. The molecule has 7 heteroatoms.